The van der Waals surface area contributed by atoms with Crippen LogP contribution in [0.25, 0.3) is 0 Å². The minimum Gasteiger partial charge on any atom is -0.435 e. The maximum atomic E-state index is 12.9. The third kappa shape index (κ3) is 3.83. The van der Waals surface area contributed by atoms with Crippen LogP contribution in [0.15, 0.2) is 47.0 Å². The fourth-order valence-corrected chi connectivity index (χ4v) is 3.51. The van der Waals surface area contributed by atoms with Crippen LogP contribution in [0.3, 0.4) is 0 Å². The highest BCUT2D eigenvalue weighted by Gasteiger charge is 2.33. The molecule has 3 aromatic rings. The fourth-order valence-electron chi connectivity index (χ4n) is 3.51. The van der Waals surface area contributed by atoms with E-state index in [1.165, 1.54) is 0 Å². The highest BCUT2D eigenvalue weighted by atomic mass is 16.4. The zero-order valence-electron chi connectivity index (χ0n) is 17.3. The van der Waals surface area contributed by atoms with E-state index in [0.29, 0.717) is 42.3 Å². The summed E-state index contributed by atoms with van der Waals surface area (Å²) in [5.41, 5.74) is 3.55. The van der Waals surface area contributed by atoms with Gasteiger partial charge in [0.05, 0.1) is 5.69 Å². The van der Waals surface area contributed by atoms with Crippen LogP contribution in [-0.2, 0) is 6.42 Å². The molecule has 1 aliphatic heterocycles. The van der Waals surface area contributed by atoms with Crippen molar-refractivity contribution in [3.63, 3.8) is 0 Å². The van der Waals surface area contributed by atoms with Gasteiger partial charge in [-0.1, -0.05) is 19.1 Å². The first-order valence-electron chi connectivity index (χ1n) is 10.0. The molecule has 1 aliphatic rings. The molecule has 4 rings (SSSR count). The smallest absolute Gasteiger partial charge is 0.293 e. The molecule has 1 N–H and O–H groups in total. The lowest BCUT2D eigenvalue weighted by Crippen LogP contribution is -2.48. The normalized spacial score (nSPS) is 13.8. The van der Waals surface area contributed by atoms with Crippen molar-refractivity contribution in [3.8, 4) is 0 Å². The summed E-state index contributed by atoms with van der Waals surface area (Å²) in [5.74, 6) is 0.567. The first-order chi connectivity index (χ1) is 14.5. The number of carbonyl (C=O) groups is 2. The number of oxazole rings is 1. The minimum absolute atomic E-state index is 0.0539. The zero-order valence-corrected chi connectivity index (χ0v) is 17.3. The van der Waals surface area contributed by atoms with Gasteiger partial charge in [0, 0.05) is 48.6 Å². The van der Waals surface area contributed by atoms with E-state index in [9.17, 15) is 9.59 Å². The average molecular weight is 404 g/mol. The second-order valence-corrected chi connectivity index (χ2v) is 7.52. The molecule has 1 fully saturated rings. The van der Waals surface area contributed by atoms with Crippen molar-refractivity contribution in [3.05, 3.63) is 76.8 Å². The number of aryl methyl sites for hydroxylation is 3. The first kappa shape index (κ1) is 19.8. The topological polar surface area (TPSA) is 88.3 Å². The molecule has 0 spiro atoms. The van der Waals surface area contributed by atoms with Crippen LogP contribution in [-0.4, -0.2) is 39.8 Å². The van der Waals surface area contributed by atoms with Crippen LogP contribution in [0, 0.1) is 13.8 Å². The third-order valence-electron chi connectivity index (χ3n) is 5.36. The van der Waals surface area contributed by atoms with Crippen molar-refractivity contribution in [2.45, 2.75) is 33.1 Å². The predicted octanol–water partition coefficient (Wildman–Crippen LogP) is 3.74. The van der Waals surface area contributed by atoms with Crippen molar-refractivity contribution < 1.29 is 14.0 Å². The van der Waals surface area contributed by atoms with Crippen LogP contribution in [0.5, 0.6) is 0 Å². The molecule has 3 heterocycles. The molecule has 2 aromatic heterocycles. The summed E-state index contributed by atoms with van der Waals surface area (Å²) in [6, 6.07) is 11.2. The summed E-state index contributed by atoms with van der Waals surface area (Å²) >= 11 is 0. The number of likely N-dealkylation sites (tertiary alicyclic amines) is 1. The largest absolute Gasteiger partial charge is 0.435 e. The number of nitrogens with zero attached hydrogens (tertiary/aromatic N) is 3. The lowest BCUT2D eigenvalue weighted by atomic mass is 9.94. The number of nitrogens with one attached hydrogen (secondary N) is 1. The van der Waals surface area contributed by atoms with Gasteiger partial charge in [0.25, 0.3) is 11.8 Å². The van der Waals surface area contributed by atoms with Crippen LogP contribution in [0.2, 0.25) is 0 Å². The molecule has 0 aliphatic carbocycles. The molecule has 7 heteroatoms. The number of benzene rings is 1. The molecule has 7 nitrogen and oxygen atoms in total. The van der Waals surface area contributed by atoms with Crippen molar-refractivity contribution in [1.29, 1.82) is 0 Å². The molecule has 0 unspecified atom stereocenters. The van der Waals surface area contributed by atoms with Crippen molar-refractivity contribution in [1.82, 2.24) is 14.9 Å². The Morgan fingerprint density at radius 2 is 2.00 bits per heavy atom. The molecule has 0 saturated carbocycles. The second kappa shape index (κ2) is 8.10. The quantitative estimate of drug-likeness (QED) is 0.700. The van der Waals surface area contributed by atoms with E-state index >= 15 is 0 Å². The number of amides is 2. The van der Waals surface area contributed by atoms with E-state index < -0.39 is 0 Å². The summed E-state index contributed by atoms with van der Waals surface area (Å²) in [7, 11) is 0. The monoisotopic (exact) mass is 404 g/mol. The summed E-state index contributed by atoms with van der Waals surface area (Å²) < 4.78 is 5.53. The Labute approximate surface area is 175 Å². The number of hydrogen-bond acceptors (Lipinski definition) is 5. The molecule has 1 saturated heterocycles. The SMILES string of the molecule is CCc1nc(C)c(C(=O)Nc2cc(C(=O)N3CC(c4ccccn4)C3)ccc2C)o1. The molecule has 1 aromatic carbocycles. The minimum atomic E-state index is -0.369. The van der Waals surface area contributed by atoms with Gasteiger partial charge < -0.3 is 14.6 Å². The number of pyridine rings is 1. The van der Waals surface area contributed by atoms with Gasteiger partial charge in [-0.25, -0.2) is 4.98 Å². The summed E-state index contributed by atoms with van der Waals surface area (Å²) in [6.45, 7) is 6.83. The Morgan fingerprint density at radius 3 is 2.67 bits per heavy atom. The summed E-state index contributed by atoms with van der Waals surface area (Å²) in [5, 5.41) is 2.86. The number of carbonyl (C=O) groups excluding carboxylic acids is 2. The summed E-state index contributed by atoms with van der Waals surface area (Å²) in [6.07, 6.45) is 2.39. The Balaban J connectivity index is 1.46. The highest BCUT2D eigenvalue weighted by Crippen LogP contribution is 2.28. The predicted molar refractivity (Wildman–Crippen MR) is 113 cm³/mol. The molecular weight excluding hydrogens is 380 g/mol. The first-order valence-corrected chi connectivity index (χ1v) is 10.0. The molecule has 0 atom stereocenters. The van der Waals surface area contributed by atoms with Gasteiger partial charge in [0.2, 0.25) is 5.76 Å². The van der Waals surface area contributed by atoms with Crippen molar-refractivity contribution in [2.75, 3.05) is 18.4 Å². The number of hydrogen-bond donors (Lipinski definition) is 1. The molecular formula is C23H24N4O3. The number of anilines is 1. The number of rotatable bonds is 5. The zero-order chi connectivity index (χ0) is 21.3. The molecule has 2 amide bonds. The molecule has 0 radical (unpaired) electrons. The van der Waals surface area contributed by atoms with Crippen molar-refractivity contribution in [2.24, 2.45) is 0 Å². The lowest BCUT2D eigenvalue weighted by Gasteiger charge is -2.39. The van der Waals surface area contributed by atoms with Gasteiger partial charge in [-0.15, -0.1) is 0 Å². The standard InChI is InChI=1S/C23H24N4O3/c1-4-20-25-15(3)21(30-20)22(28)26-19-11-16(9-8-14(19)2)23(29)27-12-17(13-27)18-7-5-6-10-24-18/h5-11,17H,4,12-13H2,1-3H3,(H,26,28). The van der Waals surface area contributed by atoms with Gasteiger partial charge in [-0.3, -0.25) is 14.6 Å². The second-order valence-electron chi connectivity index (χ2n) is 7.52. The van der Waals surface area contributed by atoms with E-state index in [1.807, 2.05) is 38.1 Å². The van der Waals surface area contributed by atoms with Gasteiger partial charge in [-0.2, -0.15) is 0 Å². The maximum Gasteiger partial charge on any atom is 0.293 e. The van der Waals surface area contributed by atoms with Crippen LogP contribution >= 0.6 is 0 Å². The van der Waals surface area contributed by atoms with Crippen LogP contribution < -0.4 is 5.32 Å². The van der Waals surface area contributed by atoms with E-state index in [1.54, 1.807) is 30.2 Å². The van der Waals surface area contributed by atoms with E-state index in [-0.39, 0.29) is 23.5 Å². The lowest BCUT2D eigenvalue weighted by molar-refractivity contribution is 0.0598. The van der Waals surface area contributed by atoms with Crippen LogP contribution in [0.1, 0.15) is 56.6 Å². The Morgan fingerprint density at radius 1 is 1.20 bits per heavy atom. The average Bonchev–Trinajstić information content (AvgIpc) is 3.10. The molecule has 0 bridgehead atoms. The van der Waals surface area contributed by atoms with E-state index in [4.69, 9.17) is 4.42 Å². The fraction of sp³-hybridized carbons (Fsp3) is 0.304. The Bertz CT molecular complexity index is 1090. The molecule has 30 heavy (non-hydrogen) atoms. The number of aromatic nitrogens is 2. The van der Waals surface area contributed by atoms with E-state index in [2.05, 4.69) is 15.3 Å². The van der Waals surface area contributed by atoms with E-state index in [0.717, 1.165) is 11.3 Å². The van der Waals surface area contributed by atoms with Gasteiger partial charge in [0.15, 0.2) is 5.89 Å². The third-order valence-corrected chi connectivity index (χ3v) is 5.36. The molecule has 154 valence electrons. The van der Waals surface area contributed by atoms with Gasteiger partial charge in [0.1, 0.15) is 0 Å². The van der Waals surface area contributed by atoms with Crippen LogP contribution in [0.4, 0.5) is 5.69 Å². The van der Waals surface area contributed by atoms with Gasteiger partial charge in [-0.05, 0) is 43.7 Å². The van der Waals surface area contributed by atoms with Crippen molar-refractivity contribution >= 4 is 17.5 Å². The Kier molecular flexibility index (Phi) is 5.35. The maximum absolute atomic E-state index is 12.9. The Hall–Kier alpha value is -3.48. The van der Waals surface area contributed by atoms with Gasteiger partial charge >= 0.3 is 0 Å². The summed E-state index contributed by atoms with van der Waals surface area (Å²) in [4.78, 5) is 35.9. The highest BCUT2D eigenvalue weighted by molar-refractivity contribution is 6.04.